The van der Waals surface area contributed by atoms with E-state index in [1.165, 1.54) is 0 Å². The summed E-state index contributed by atoms with van der Waals surface area (Å²) >= 11 is 6.03. The second-order valence-electron chi connectivity index (χ2n) is 4.64. The lowest BCUT2D eigenvalue weighted by Gasteiger charge is -2.27. The first-order valence-electron chi connectivity index (χ1n) is 6.04. The topological polar surface area (TPSA) is 52.5 Å². The Morgan fingerprint density at radius 2 is 2.18 bits per heavy atom. The maximum absolute atomic E-state index is 9.70. The fourth-order valence-electron chi connectivity index (χ4n) is 2.32. The summed E-state index contributed by atoms with van der Waals surface area (Å²) in [4.78, 5) is 0. The highest BCUT2D eigenvalue weighted by Crippen LogP contribution is 2.26. The van der Waals surface area contributed by atoms with Crippen molar-refractivity contribution in [3.8, 4) is 5.75 Å². The van der Waals surface area contributed by atoms with E-state index >= 15 is 0 Å². The van der Waals surface area contributed by atoms with Gasteiger partial charge in [-0.2, -0.15) is 0 Å². The molecule has 1 aromatic carbocycles. The van der Waals surface area contributed by atoms with Crippen LogP contribution in [0.2, 0.25) is 5.02 Å². The molecule has 1 aliphatic carbocycles. The molecule has 3 N–H and O–H groups in total. The first-order chi connectivity index (χ1) is 8.16. The molecule has 1 aliphatic rings. The van der Waals surface area contributed by atoms with Gasteiger partial charge in [-0.1, -0.05) is 17.7 Å². The van der Waals surface area contributed by atoms with E-state index in [1.54, 1.807) is 18.2 Å². The molecule has 0 radical (unpaired) electrons. The number of hydrogen-bond donors (Lipinski definition) is 3. The Kier molecular flexibility index (Phi) is 4.26. The highest BCUT2D eigenvalue weighted by Gasteiger charge is 2.20. The van der Waals surface area contributed by atoms with E-state index in [4.69, 9.17) is 11.6 Å². The van der Waals surface area contributed by atoms with Crippen molar-refractivity contribution in [1.29, 1.82) is 0 Å². The first kappa shape index (κ1) is 12.7. The van der Waals surface area contributed by atoms with Crippen molar-refractivity contribution in [2.75, 3.05) is 0 Å². The van der Waals surface area contributed by atoms with Crippen LogP contribution in [0.3, 0.4) is 0 Å². The van der Waals surface area contributed by atoms with Crippen LogP contribution in [0.25, 0.3) is 0 Å². The average molecular weight is 256 g/mol. The zero-order chi connectivity index (χ0) is 12.3. The SMILES string of the molecule is Oc1cccc(Cl)c1CNC1CCCC(O)C1. The van der Waals surface area contributed by atoms with Crippen molar-refractivity contribution >= 4 is 11.6 Å². The maximum atomic E-state index is 9.70. The van der Waals surface area contributed by atoms with Gasteiger partial charge in [0.25, 0.3) is 0 Å². The summed E-state index contributed by atoms with van der Waals surface area (Å²) in [5.41, 5.74) is 0.731. The van der Waals surface area contributed by atoms with Crippen LogP contribution in [-0.4, -0.2) is 22.4 Å². The van der Waals surface area contributed by atoms with Gasteiger partial charge < -0.3 is 15.5 Å². The largest absolute Gasteiger partial charge is 0.508 e. The Labute approximate surface area is 106 Å². The lowest BCUT2D eigenvalue weighted by atomic mass is 9.93. The summed E-state index contributed by atoms with van der Waals surface area (Å²) in [6.07, 6.45) is 3.61. The second kappa shape index (κ2) is 5.71. The lowest BCUT2D eigenvalue weighted by molar-refractivity contribution is 0.111. The van der Waals surface area contributed by atoms with Crippen molar-refractivity contribution < 1.29 is 10.2 Å². The van der Waals surface area contributed by atoms with E-state index in [0.717, 1.165) is 31.2 Å². The van der Waals surface area contributed by atoms with E-state index in [0.29, 0.717) is 17.6 Å². The molecule has 0 saturated heterocycles. The van der Waals surface area contributed by atoms with Crippen LogP contribution >= 0.6 is 11.6 Å². The molecule has 3 nitrogen and oxygen atoms in total. The van der Waals surface area contributed by atoms with E-state index in [2.05, 4.69) is 5.32 Å². The van der Waals surface area contributed by atoms with Gasteiger partial charge in [-0.05, 0) is 37.8 Å². The van der Waals surface area contributed by atoms with Gasteiger partial charge in [0.05, 0.1) is 6.10 Å². The van der Waals surface area contributed by atoms with E-state index in [9.17, 15) is 10.2 Å². The molecule has 0 heterocycles. The van der Waals surface area contributed by atoms with Gasteiger partial charge in [-0.3, -0.25) is 0 Å². The summed E-state index contributed by atoms with van der Waals surface area (Å²) in [6, 6.07) is 5.45. The second-order valence-corrected chi connectivity index (χ2v) is 5.04. The zero-order valence-electron chi connectivity index (χ0n) is 9.69. The van der Waals surface area contributed by atoms with Gasteiger partial charge in [0, 0.05) is 23.2 Å². The number of aliphatic hydroxyl groups is 1. The van der Waals surface area contributed by atoms with Crippen molar-refractivity contribution in [3.05, 3.63) is 28.8 Å². The summed E-state index contributed by atoms with van der Waals surface area (Å²) in [5.74, 6) is 0.223. The van der Waals surface area contributed by atoms with Gasteiger partial charge in [0.15, 0.2) is 0 Å². The number of hydrogen-bond acceptors (Lipinski definition) is 3. The van der Waals surface area contributed by atoms with E-state index in [-0.39, 0.29) is 11.9 Å². The van der Waals surface area contributed by atoms with Crippen LogP contribution in [0.1, 0.15) is 31.2 Å². The summed E-state index contributed by atoms with van der Waals surface area (Å²) < 4.78 is 0. The number of nitrogens with one attached hydrogen (secondary N) is 1. The van der Waals surface area contributed by atoms with Gasteiger partial charge in [-0.15, -0.1) is 0 Å². The summed E-state index contributed by atoms with van der Waals surface area (Å²) in [7, 11) is 0. The van der Waals surface area contributed by atoms with Crippen molar-refractivity contribution in [2.24, 2.45) is 0 Å². The molecule has 2 unspecified atom stereocenters. The standard InChI is InChI=1S/C13H18ClNO2/c14-12-5-2-6-13(17)11(12)8-15-9-3-1-4-10(16)7-9/h2,5-6,9-10,15-17H,1,3-4,7-8H2. The maximum Gasteiger partial charge on any atom is 0.121 e. The third-order valence-corrected chi connectivity index (χ3v) is 3.66. The molecule has 0 bridgehead atoms. The Hall–Kier alpha value is -0.770. The van der Waals surface area contributed by atoms with Gasteiger partial charge in [0.2, 0.25) is 0 Å². The molecule has 0 amide bonds. The fourth-order valence-corrected chi connectivity index (χ4v) is 2.55. The number of phenolic OH excluding ortho intramolecular Hbond substituents is 1. The Balaban J connectivity index is 1.93. The smallest absolute Gasteiger partial charge is 0.121 e. The number of rotatable bonds is 3. The molecule has 2 atom stereocenters. The molecular formula is C13H18ClNO2. The van der Waals surface area contributed by atoms with Crippen LogP contribution in [-0.2, 0) is 6.54 Å². The predicted molar refractivity (Wildman–Crippen MR) is 68.2 cm³/mol. The molecule has 4 heteroatoms. The van der Waals surface area contributed by atoms with Crippen LogP contribution in [0, 0.1) is 0 Å². The molecule has 17 heavy (non-hydrogen) atoms. The highest BCUT2D eigenvalue weighted by molar-refractivity contribution is 6.31. The molecule has 0 spiro atoms. The summed E-state index contributed by atoms with van der Waals surface area (Å²) in [6.45, 7) is 0.545. The first-order valence-corrected chi connectivity index (χ1v) is 6.42. The Bertz CT molecular complexity index is 363. The minimum Gasteiger partial charge on any atom is -0.508 e. The Morgan fingerprint density at radius 3 is 2.88 bits per heavy atom. The van der Waals surface area contributed by atoms with E-state index in [1.807, 2.05) is 0 Å². The van der Waals surface area contributed by atoms with Crippen molar-refractivity contribution in [1.82, 2.24) is 5.32 Å². The minimum atomic E-state index is -0.193. The molecule has 0 aliphatic heterocycles. The average Bonchev–Trinajstić information content (AvgIpc) is 2.28. The molecule has 0 aromatic heterocycles. The van der Waals surface area contributed by atoms with Crippen LogP contribution < -0.4 is 5.32 Å². The third-order valence-electron chi connectivity index (χ3n) is 3.31. The summed E-state index contributed by atoms with van der Waals surface area (Å²) in [5, 5.41) is 23.2. The number of aromatic hydroxyl groups is 1. The molecular weight excluding hydrogens is 238 g/mol. The lowest BCUT2D eigenvalue weighted by Crippen LogP contribution is -2.35. The van der Waals surface area contributed by atoms with Gasteiger partial charge >= 0.3 is 0 Å². The molecule has 94 valence electrons. The Morgan fingerprint density at radius 1 is 1.35 bits per heavy atom. The number of aliphatic hydroxyl groups excluding tert-OH is 1. The molecule has 1 aromatic rings. The molecule has 1 fully saturated rings. The van der Waals surface area contributed by atoms with Gasteiger partial charge in [-0.25, -0.2) is 0 Å². The van der Waals surface area contributed by atoms with Crippen molar-refractivity contribution in [3.63, 3.8) is 0 Å². The van der Waals surface area contributed by atoms with Crippen LogP contribution in [0.15, 0.2) is 18.2 Å². The molecule has 1 saturated carbocycles. The monoisotopic (exact) mass is 255 g/mol. The number of benzene rings is 1. The minimum absolute atomic E-state index is 0.193. The highest BCUT2D eigenvalue weighted by atomic mass is 35.5. The van der Waals surface area contributed by atoms with E-state index < -0.39 is 0 Å². The number of phenols is 1. The number of halogens is 1. The zero-order valence-corrected chi connectivity index (χ0v) is 10.5. The van der Waals surface area contributed by atoms with Crippen LogP contribution in [0.5, 0.6) is 5.75 Å². The normalized spacial score (nSPS) is 24.8. The van der Waals surface area contributed by atoms with Gasteiger partial charge in [0.1, 0.15) is 5.75 Å². The molecule has 2 rings (SSSR count). The fraction of sp³-hybridized carbons (Fsp3) is 0.538. The predicted octanol–water partition coefficient (Wildman–Crippen LogP) is 2.44. The quantitative estimate of drug-likeness (QED) is 0.778. The van der Waals surface area contributed by atoms with Crippen molar-refractivity contribution in [2.45, 2.75) is 44.4 Å². The third kappa shape index (κ3) is 3.35. The van der Waals surface area contributed by atoms with Crippen LogP contribution in [0.4, 0.5) is 0 Å².